The quantitative estimate of drug-likeness (QED) is 0.721. The van der Waals surface area contributed by atoms with Gasteiger partial charge in [0.15, 0.2) is 0 Å². The van der Waals surface area contributed by atoms with Gasteiger partial charge in [-0.15, -0.1) is 16.4 Å². The molecule has 0 aromatic carbocycles. The van der Waals surface area contributed by atoms with Crippen molar-refractivity contribution in [1.82, 2.24) is 25.1 Å². The summed E-state index contributed by atoms with van der Waals surface area (Å²) in [6, 6.07) is 2.11. The van der Waals surface area contributed by atoms with Crippen molar-refractivity contribution in [3.05, 3.63) is 16.8 Å². The highest BCUT2D eigenvalue weighted by molar-refractivity contribution is 7.99. The van der Waals surface area contributed by atoms with Gasteiger partial charge in [-0.25, -0.2) is 15.0 Å². The van der Waals surface area contributed by atoms with Crippen LogP contribution < -0.4 is 5.32 Å². The van der Waals surface area contributed by atoms with E-state index in [1.165, 1.54) is 16.6 Å². The molecule has 0 bridgehead atoms. The lowest BCUT2D eigenvalue weighted by Crippen LogP contribution is -2.02. The molecule has 3 aromatic heterocycles. The minimum Gasteiger partial charge on any atom is -0.354 e. The highest BCUT2D eigenvalue weighted by Gasteiger charge is 2.13. The highest BCUT2D eigenvalue weighted by atomic mass is 32.2. The van der Waals surface area contributed by atoms with Crippen LogP contribution in [0.15, 0.2) is 16.2 Å². The number of nitrogens with zero attached hydrogens (tertiary/aromatic N) is 4. The predicted molar refractivity (Wildman–Crippen MR) is 81.6 cm³/mol. The molecule has 0 spiro atoms. The summed E-state index contributed by atoms with van der Waals surface area (Å²) in [6.45, 7) is 6.77. The number of thiophene rings is 1. The number of hydrogen-bond donors (Lipinski definition) is 2. The summed E-state index contributed by atoms with van der Waals surface area (Å²) in [5, 5.41) is 12.8. The number of aromatic amines is 1. The van der Waals surface area contributed by atoms with Gasteiger partial charge >= 0.3 is 0 Å². The van der Waals surface area contributed by atoms with Gasteiger partial charge in [0.2, 0.25) is 11.1 Å². The minimum absolute atomic E-state index is 0.650. The van der Waals surface area contributed by atoms with E-state index in [0.29, 0.717) is 11.1 Å². The van der Waals surface area contributed by atoms with Gasteiger partial charge < -0.3 is 5.32 Å². The number of aryl methyl sites for hydroxylation is 2. The first-order chi connectivity index (χ1) is 9.65. The molecular weight excluding hydrogens is 292 g/mol. The number of hydrogen-bond acceptors (Lipinski definition) is 7. The van der Waals surface area contributed by atoms with Crippen molar-refractivity contribution < 1.29 is 0 Å². The Morgan fingerprint density at radius 3 is 2.85 bits per heavy atom. The second kappa shape index (κ2) is 5.37. The molecule has 2 N–H and O–H groups in total. The van der Waals surface area contributed by atoms with Crippen LogP contribution in [-0.4, -0.2) is 31.7 Å². The first-order valence-corrected chi connectivity index (χ1v) is 7.88. The highest BCUT2D eigenvalue weighted by Crippen LogP contribution is 2.34. The summed E-state index contributed by atoms with van der Waals surface area (Å²) in [4.78, 5) is 15.6. The van der Waals surface area contributed by atoms with E-state index in [1.54, 1.807) is 11.3 Å². The number of rotatable bonds is 4. The third-order valence-electron chi connectivity index (χ3n) is 2.58. The van der Waals surface area contributed by atoms with E-state index in [9.17, 15) is 0 Å². The van der Waals surface area contributed by atoms with Gasteiger partial charge in [0.1, 0.15) is 15.7 Å². The van der Waals surface area contributed by atoms with E-state index in [-0.39, 0.29) is 0 Å². The third-order valence-corrected chi connectivity index (χ3v) is 4.39. The molecule has 0 amide bonds. The summed E-state index contributed by atoms with van der Waals surface area (Å²) in [5.41, 5.74) is 0. The first-order valence-electron chi connectivity index (χ1n) is 6.24. The van der Waals surface area contributed by atoms with Gasteiger partial charge in [-0.3, -0.25) is 5.10 Å². The number of fused-ring (bicyclic) bond motifs is 1. The smallest absolute Gasteiger partial charge is 0.225 e. The molecule has 3 rings (SSSR count). The molecule has 104 valence electrons. The van der Waals surface area contributed by atoms with Crippen molar-refractivity contribution in [2.75, 3.05) is 11.9 Å². The van der Waals surface area contributed by atoms with E-state index in [2.05, 4.69) is 43.5 Å². The summed E-state index contributed by atoms with van der Waals surface area (Å²) in [5.74, 6) is 1.45. The molecule has 0 saturated heterocycles. The molecule has 3 aromatic rings. The Bertz CT molecular complexity index is 748. The number of H-pyrrole nitrogens is 1. The molecule has 0 aliphatic rings. The fourth-order valence-corrected chi connectivity index (χ4v) is 3.57. The Hall–Kier alpha value is -1.67. The third kappa shape index (κ3) is 2.61. The average Bonchev–Trinajstić information content (AvgIpc) is 2.95. The second-order valence-corrected chi connectivity index (χ2v) is 6.45. The number of nitrogens with one attached hydrogen (secondary N) is 2. The van der Waals surface area contributed by atoms with Crippen molar-refractivity contribution in [3.63, 3.8) is 0 Å². The van der Waals surface area contributed by atoms with Crippen molar-refractivity contribution in [2.45, 2.75) is 31.0 Å². The minimum atomic E-state index is 0.650. The molecule has 0 aliphatic heterocycles. The topological polar surface area (TPSA) is 79.4 Å². The molecule has 3 heterocycles. The van der Waals surface area contributed by atoms with Crippen LogP contribution in [0.2, 0.25) is 0 Å². The predicted octanol–water partition coefficient (Wildman–Crippen LogP) is 3.01. The number of aromatic nitrogens is 5. The van der Waals surface area contributed by atoms with Crippen molar-refractivity contribution in [3.8, 4) is 0 Å². The first kappa shape index (κ1) is 13.3. The maximum atomic E-state index is 4.56. The van der Waals surface area contributed by atoms with Crippen LogP contribution in [0.3, 0.4) is 0 Å². The van der Waals surface area contributed by atoms with Crippen LogP contribution in [0.25, 0.3) is 10.2 Å². The molecule has 20 heavy (non-hydrogen) atoms. The Morgan fingerprint density at radius 1 is 1.30 bits per heavy atom. The molecule has 0 aliphatic carbocycles. The van der Waals surface area contributed by atoms with Crippen LogP contribution in [0.4, 0.5) is 5.95 Å². The second-order valence-electron chi connectivity index (χ2n) is 4.26. The lowest BCUT2D eigenvalue weighted by molar-refractivity contribution is 0.964. The van der Waals surface area contributed by atoms with Gasteiger partial charge in [-0.2, -0.15) is 0 Å². The zero-order valence-electron chi connectivity index (χ0n) is 11.4. The van der Waals surface area contributed by atoms with Crippen LogP contribution in [0, 0.1) is 13.8 Å². The Kier molecular flexibility index (Phi) is 3.58. The van der Waals surface area contributed by atoms with E-state index in [0.717, 1.165) is 27.6 Å². The summed E-state index contributed by atoms with van der Waals surface area (Å²) >= 11 is 3.12. The van der Waals surface area contributed by atoms with Gasteiger partial charge in [0.05, 0.1) is 0 Å². The fraction of sp³-hybridized carbons (Fsp3) is 0.333. The zero-order valence-corrected chi connectivity index (χ0v) is 13.0. The largest absolute Gasteiger partial charge is 0.354 e. The van der Waals surface area contributed by atoms with Crippen LogP contribution >= 0.6 is 23.1 Å². The van der Waals surface area contributed by atoms with E-state index in [4.69, 9.17) is 0 Å². The summed E-state index contributed by atoms with van der Waals surface area (Å²) in [6.07, 6.45) is 0. The van der Waals surface area contributed by atoms with Crippen LogP contribution in [0.5, 0.6) is 0 Å². The van der Waals surface area contributed by atoms with Crippen molar-refractivity contribution in [2.24, 2.45) is 0 Å². The molecule has 0 saturated carbocycles. The maximum Gasteiger partial charge on any atom is 0.225 e. The molecule has 8 heteroatoms. The molecule has 0 atom stereocenters. The lowest BCUT2D eigenvalue weighted by atomic mass is 10.4. The molecule has 0 fully saturated rings. The lowest BCUT2D eigenvalue weighted by Gasteiger charge is -2.04. The van der Waals surface area contributed by atoms with Gasteiger partial charge in [0.25, 0.3) is 0 Å². The summed E-state index contributed by atoms with van der Waals surface area (Å²) < 4.78 is 0. The van der Waals surface area contributed by atoms with Crippen LogP contribution in [0.1, 0.15) is 17.6 Å². The standard InChI is InChI=1S/C12H14N6S2/c1-4-13-11-15-9-8(5-6(2)19-9)10(16-11)20-12-14-7(3)17-18-12/h5H,4H2,1-3H3,(H,13,15,16)(H,14,17,18). The SMILES string of the molecule is CCNc1nc(Sc2n[nH]c(C)n2)c2cc(C)sc2n1. The Balaban J connectivity index is 2.06. The van der Waals surface area contributed by atoms with Crippen molar-refractivity contribution >= 4 is 39.3 Å². The molecule has 0 radical (unpaired) electrons. The van der Waals surface area contributed by atoms with Gasteiger partial charge in [-0.05, 0) is 38.6 Å². The number of anilines is 1. The van der Waals surface area contributed by atoms with E-state index in [1.807, 2.05) is 13.8 Å². The molecule has 6 nitrogen and oxygen atoms in total. The van der Waals surface area contributed by atoms with Crippen molar-refractivity contribution in [1.29, 1.82) is 0 Å². The normalized spacial score (nSPS) is 11.2. The van der Waals surface area contributed by atoms with Gasteiger partial charge in [-0.1, -0.05) is 0 Å². The maximum absolute atomic E-state index is 4.56. The Labute approximate surface area is 124 Å². The van der Waals surface area contributed by atoms with E-state index < -0.39 is 0 Å². The molecule has 0 unspecified atom stereocenters. The molecular formula is C12H14N6S2. The zero-order chi connectivity index (χ0) is 14.1. The monoisotopic (exact) mass is 306 g/mol. The fourth-order valence-electron chi connectivity index (χ4n) is 1.79. The summed E-state index contributed by atoms with van der Waals surface area (Å²) in [7, 11) is 0. The van der Waals surface area contributed by atoms with Crippen LogP contribution in [-0.2, 0) is 0 Å². The van der Waals surface area contributed by atoms with Gasteiger partial charge in [0, 0.05) is 16.8 Å². The van der Waals surface area contributed by atoms with E-state index >= 15 is 0 Å². The Morgan fingerprint density at radius 2 is 2.15 bits per heavy atom. The average molecular weight is 306 g/mol.